The second kappa shape index (κ2) is 6.70. The van der Waals surface area contributed by atoms with Crippen molar-refractivity contribution in [2.24, 2.45) is 5.92 Å². The molecule has 1 amide bonds. The van der Waals surface area contributed by atoms with Crippen molar-refractivity contribution in [3.05, 3.63) is 23.9 Å². The number of aliphatic hydroxyl groups excluding tert-OH is 1. The summed E-state index contributed by atoms with van der Waals surface area (Å²) in [6.45, 7) is 0.731. The number of rotatable bonds is 4. The third kappa shape index (κ3) is 3.70. The van der Waals surface area contributed by atoms with Gasteiger partial charge >= 0.3 is 0 Å². The van der Waals surface area contributed by atoms with E-state index in [1.165, 1.54) is 11.3 Å². The molecule has 0 spiro atoms. The molecule has 0 aromatic carbocycles. The Morgan fingerprint density at radius 1 is 1.40 bits per heavy atom. The fraction of sp³-hybridized carbons (Fsp3) is 0.600. The number of amides is 1. The van der Waals surface area contributed by atoms with Crippen LogP contribution in [0.15, 0.2) is 18.3 Å². The van der Waals surface area contributed by atoms with Gasteiger partial charge in [0.05, 0.1) is 11.7 Å². The number of carbonyl (C=O) groups excluding carboxylic acids is 1. The molecule has 2 rings (SSSR count). The third-order valence-electron chi connectivity index (χ3n) is 3.83. The molecule has 1 aliphatic carbocycles. The normalized spacial score (nSPS) is 22.4. The Hall–Kier alpha value is -1.62. The minimum Gasteiger partial charge on any atom is -0.393 e. The molecule has 1 saturated carbocycles. The number of carbonyl (C=O) groups is 1. The van der Waals surface area contributed by atoms with Crippen LogP contribution >= 0.6 is 0 Å². The van der Waals surface area contributed by atoms with Gasteiger partial charge in [0.1, 0.15) is 5.82 Å². The summed E-state index contributed by atoms with van der Waals surface area (Å²) in [4.78, 5) is 17.5. The van der Waals surface area contributed by atoms with Gasteiger partial charge in [0, 0.05) is 32.8 Å². The van der Waals surface area contributed by atoms with E-state index in [1.807, 2.05) is 6.07 Å². The van der Waals surface area contributed by atoms with Gasteiger partial charge in [0.25, 0.3) is 5.91 Å². The highest BCUT2D eigenvalue weighted by atomic mass is 16.3. The van der Waals surface area contributed by atoms with Crippen LogP contribution < -0.4 is 5.32 Å². The Morgan fingerprint density at radius 2 is 2.15 bits per heavy atom. The highest BCUT2D eigenvalue weighted by molar-refractivity contribution is 5.93. The number of aliphatic hydroxyl groups is 1. The van der Waals surface area contributed by atoms with Gasteiger partial charge in [-0.25, -0.2) is 4.98 Å². The zero-order valence-electron chi connectivity index (χ0n) is 12.2. The van der Waals surface area contributed by atoms with E-state index in [0.717, 1.165) is 31.6 Å². The standard InChI is InChI=1S/C15H23N3O2/c1-18(2)15(20)12-7-8-14(17-10-12)16-9-11-5-3-4-6-13(11)19/h7-8,10-11,13,19H,3-6,9H2,1-2H3,(H,16,17). The summed E-state index contributed by atoms with van der Waals surface area (Å²) in [7, 11) is 3.44. The largest absolute Gasteiger partial charge is 0.393 e. The van der Waals surface area contributed by atoms with Crippen LogP contribution in [0.25, 0.3) is 0 Å². The van der Waals surface area contributed by atoms with Crippen LogP contribution in [0.1, 0.15) is 36.0 Å². The SMILES string of the molecule is CN(C)C(=O)c1ccc(NCC2CCCCC2O)nc1. The van der Waals surface area contributed by atoms with Crippen LogP contribution in [0.4, 0.5) is 5.82 Å². The van der Waals surface area contributed by atoms with Gasteiger partial charge in [-0.15, -0.1) is 0 Å². The quantitative estimate of drug-likeness (QED) is 0.880. The molecule has 0 aliphatic heterocycles. The van der Waals surface area contributed by atoms with Gasteiger partial charge in [-0.1, -0.05) is 12.8 Å². The third-order valence-corrected chi connectivity index (χ3v) is 3.83. The molecule has 0 saturated heterocycles. The van der Waals surface area contributed by atoms with E-state index >= 15 is 0 Å². The van der Waals surface area contributed by atoms with Crippen molar-refractivity contribution in [1.82, 2.24) is 9.88 Å². The maximum atomic E-state index is 11.7. The van der Waals surface area contributed by atoms with Crippen molar-refractivity contribution >= 4 is 11.7 Å². The van der Waals surface area contributed by atoms with E-state index in [1.54, 1.807) is 26.4 Å². The maximum absolute atomic E-state index is 11.7. The van der Waals surface area contributed by atoms with Gasteiger partial charge in [-0.2, -0.15) is 0 Å². The summed E-state index contributed by atoms with van der Waals surface area (Å²) in [6, 6.07) is 3.58. The monoisotopic (exact) mass is 277 g/mol. The number of pyridine rings is 1. The topological polar surface area (TPSA) is 65.5 Å². The van der Waals surface area contributed by atoms with Crippen molar-refractivity contribution in [2.45, 2.75) is 31.8 Å². The van der Waals surface area contributed by atoms with E-state index in [9.17, 15) is 9.90 Å². The molecule has 1 aliphatic rings. The van der Waals surface area contributed by atoms with Gasteiger partial charge in [0.15, 0.2) is 0 Å². The summed E-state index contributed by atoms with van der Waals surface area (Å²) < 4.78 is 0. The van der Waals surface area contributed by atoms with Crippen molar-refractivity contribution in [3.8, 4) is 0 Å². The first-order chi connectivity index (χ1) is 9.58. The summed E-state index contributed by atoms with van der Waals surface area (Å²) in [5.41, 5.74) is 0.582. The lowest BCUT2D eigenvalue weighted by molar-refractivity contribution is 0.0763. The molecule has 0 bridgehead atoms. The lowest BCUT2D eigenvalue weighted by Gasteiger charge is -2.27. The molecule has 2 unspecified atom stereocenters. The molecular weight excluding hydrogens is 254 g/mol. The molecule has 5 heteroatoms. The van der Waals surface area contributed by atoms with E-state index in [-0.39, 0.29) is 12.0 Å². The van der Waals surface area contributed by atoms with E-state index in [2.05, 4.69) is 10.3 Å². The van der Waals surface area contributed by atoms with Crippen molar-refractivity contribution < 1.29 is 9.90 Å². The second-order valence-corrected chi connectivity index (χ2v) is 5.62. The van der Waals surface area contributed by atoms with Gasteiger partial charge < -0.3 is 15.3 Å². The first kappa shape index (κ1) is 14.8. The van der Waals surface area contributed by atoms with Gasteiger partial charge in [0.2, 0.25) is 0 Å². The zero-order chi connectivity index (χ0) is 14.5. The van der Waals surface area contributed by atoms with Crippen LogP contribution in [0.2, 0.25) is 0 Å². The molecular formula is C15H23N3O2. The van der Waals surface area contributed by atoms with Gasteiger partial charge in [-0.05, 0) is 25.0 Å². The molecule has 110 valence electrons. The number of aromatic nitrogens is 1. The number of anilines is 1. The maximum Gasteiger partial charge on any atom is 0.254 e. The second-order valence-electron chi connectivity index (χ2n) is 5.62. The summed E-state index contributed by atoms with van der Waals surface area (Å²) in [5, 5.41) is 13.2. The van der Waals surface area contributed by atoms with E-state index in [0.29, 0.717) is 11.5 Å². The lowest BCUT2D eigenvalue weighted by Crippen LogP contribution is -2.30. The molecule has 5 nitrogen and oxygen atoms in total. The Labute approximate surface area is 120 Å². The molecule has 0 radical (unpaired) electrons. The number of nitrogens with one attached hydrogen (secondary N) is 1. The van der Waals surface area contributed by atoms with Crippen LogP contribution in [0.5, 0.6) is 0 Å². The fourth-order valence-corrected chi connectivity index (χ4v) is 2.54. The Balaban J connectivity index is 1.89. The Bertz CT molecular complexity index is 445. The van der Waals surface area contributed by atoms with Crippen molar-refractivity contribution in [2.75, 3.05) is 26.0 Å². The fourth-order valence-electron chi connectivity index (χ4n) is 2.54. The van der Waals surface area contributed by atoms with Crippen LogP contribution in [-0.2, 0) is 0 Å². The van der Waals surface area contributed by atoms with E-state index < -0.39 is 0 Å². The minimum atomic E-state index is -0.203. The highest BCUT2D eigenvalue weighted by Crippen LogP contribution is 2.24. The highest BCUT2D eigenvalue weighted by Gasteiger charge is 2.22. The molecule has 20 heavy (non-hydrogen) atoms. The van der Waals surface area contributed by atoms with Crippen molar-refractivity contribution in [1.29, 1.82) is 0 Å². The Kier molecular flexibility index (Phi) is 4.95. The van der Waals surface area contributed by atoms with Crippen LogP contribution in [-0.4, -0.2) is 47.6 Å². The average Bonchev–Trinajstić information content (AvgIpc) is 2.46. The zero-order valence-corrected chi connectivity index (χ0v) is 12.2. The van der Waals surface area contributed by atoms with E-state index in [4.69, 9.17) is 0 Å². The number of hydrogen-bond donors (Lipinski definition) is 2. The smallest absolute Gasteiger partial charge is 0.254 e. The summed E-state index contributed by atoms with van der Waals surface area (Å²) in [5.74, 6) is 0.999. The minimum absolute atomic E-state index is 0.0493. The number of nitrogens with zero attached hydrogens (tertiary/aromatic N) is 2. The van der Waals surface area contributed by atoms with Crippen LogP contribution in [0, 0.1) is 5.92 Å². The predicted molar refractivity (Wildman–Crippen MR) is 78.7 cm³/mol. The predicted octanol–water partition coefficient (Wildman–Crippen LogP) is 1.75. The summed E-state index contributed by atoms with van der Waals surface area (Å²) >= 11 is 0. The Morgan fingerprint density at radius 3 is 2.75 bits per heavy atom. The molecule has 1 aromatic rings. The first-order valence-corrected chi connectivity index (χ1v) is 7.17. The van der Waals surface area contributed by atoms with Gasteiger partial charge in [-0.3, -0.25) is 4.79 Å². The number of hydrogen-bond acceptors (Lipinski definition) is 4. The molecule has 2 N–H and O–H groups in total. The summed E-state index contributed by atoms with van der Waals surface area (Å²) in [6.07, 6.45) is 5.65. The first-order valence-electron chi connectivity index (χ1n) is 7.17. The lowest BCUT2D eigenvalue weighted by atomic mass is 9.86. The van der Waals surface area contributed by atoms with Crippen LogP contribution in [0.3, 0.4) is 0 Å². The average molecular weight is 277 g/mol. The molecule has 1 heterocycles. The molecule has 1 fully saturated rings. The molecule has 2 atom stereocenters. The van der Waals surface area contributed by atoms with Crippen molar-refractivity contribution in [3.63, 3.8) is 0 Å². The molecule has 1 aromatic heterocycles.